The Kier molecular flexibility index (Phi) is 6.62. The third-order valence-corrected chi connectivity index (χ3v) is 3.31. The van der Waals surface area contributed by atoms with Gasteiger partial charge in [0, 0.05) is 5.02 Å². The van der Waals surface area contributed by atoms with Crippen LogP contribution in [-0.2, 0) is 14.3 Å². The number of hydrogen-bond acceptors (Lipinski definition) is 4. The molecule has 136 valence electrons. The van der Waals surface area contributed by atoms with Crippen molar-refractivity contribution in [2.45, 2.75) is 0 Å². The van der Waals surface area contributed by atoms with E-state index in [1.54, 1.807) is 0 Å². The summed E-state index contributed by atoms with van der Waals surface area (Å²) < 4.78 is 31.5. The van der Waals surface area contributed by atoms with E-state index < -0.39 is 42.6 Å². The lowest BCUT2D eigenvalue weighted by molar-refractivity contribution is -0.146. The molecule has 2 aromatic rings. The summed E-state index contributed by atoms with van der Waals surface area (Å²) in [7, 11) is 0. The summed E-state index contributed by atoms with van der Waals surface area (Å²) >= 11 is 5.69. The predicted octanol–water partition coefficient (Wildman–Crippen LogP) is 2.53. The molecule has 0 fully saturated rings. The molecule has 0 saturated heterocycles. The number of carbonyl (C=O) groups is 3. The number of ether oxygens (including phenoxy) is 1. The highest BCUT2D eigenvalue weighted by Crippen LogP contribution is 2.19. The Morgan fingerprint density at radius 1 is 1.04 bits per heavy atom. The van der Waals surface area contributed by atoms with Gasteiger partial charge < -0.3 is 15.4 Å². The van der Waals surface area contributed by atoms with Crippen molar-refractivity contribution in [1.82, 2.24) is 5.32 Å². The highest BCUT2D eigenvalue weighted by atomic mass is 35.5. The molecule has 2 amide bonds. The van der Waals surface area contributed by atoms with E-state index >= 15 is 0 Å². The average molecular weight is 383 g/mol. The zero-order valence-electron chi connectivity index (χ0n) is 13.2. The van der Waals surface area contributed by atoms with E-state index in [1.807, 2.05) is 0 Å². The second-order valence-corrected chi connectivity index (χ2v) is 5.43. The largest absolute Gasteiger partial charge is 0.454 e. The van der Waals surface area contributed by atoms with Crippen LogP contribution >= 0.6 is 11.6 Å². The molecule has 0 aromatic heterocycles. The minimum atomic E-state index is -0.920. The predicted molar refractivity (Wildman–Crippen MR) is 89.7 cm³/mol. The zero-order valence-corrected chi connectivity index (χ0v) is 14.0. The summed E-state index contributed by atoms with van der Waals surface area (Å²) in [5.74, 6) is -3.95. The van der Waals surface area contributed by atoms with E-state index in [-0.39, 0.29) is 16.3 Å². The second kappa shape index (κ2) is 8.91. The molecule has 26 heavy (non-hydrogen) atoms. The number of benzene rings is 2. The SMILES string of the molecule is O=C(COC(=O)CNC(=O)c1ccccc1F)Nc1cc(Cl)ccc1F. The molecule has 0 heterocycles. The number of amides is 2. The minimum absolute atomic E-state index is 0.161. The summed E-state index contributed by atoms with van der Waals surface area (Å²) in [5, 5.41) is 4.58. The van der Waals surface area contributed by atoms with E-state index in [2.05, 4.69) is 15.4 Å². The highest BCUT2D eigenvalue weighted by Gasteiger charge is 2.14. The maximum Gasteiger partial charge on any atom is 0.325 e. The summed E-state index contributed by atoms with van der Waals surface area (Å²) in [4.78, 5) is 34.9. The van der Waals surface area contributed by atoms with E-state index in [0.29, 0.717) is 0 Å². The third-order valence-electron chi connectivity index (χ3n) is 3.08. The summed E-state index contributed by atoms with van der Waals surface area (Å²) in [5.41, 5.74) is -0.388. The molecule has 0 aliphatic rings. The molecule has 0 aliphatic heterocycles. The van der Waals surface area contributed by atoms with Gasteiger partial charge in [-0.05, 0) is 30.3 Å². The summed E-state index contributed by atoms with van der Waals surface area (Å²) in [6, 6.07) is 8.82. The second-order valence-electron chi connectivity index (χ2n) is 5.00. The molecule has 2 rings (SSSR count). The van der Waals surface area contributed by atoms with Crippen LogP contribution in [0.4, 0.5) is 14.5 Å². The molecular formula is C17H13ClF2N2O4. The molecule has 0 atom stereocenters. The molecule has 6 nitrogen and oxygen atoms in total. The first-order valence-corrected chi connectivity index (χ1v) is 7.68. The fourth-order valence-electron chi connectivity index (χ4n) is 1.87. The fraction of sp³-hybridized carbons (Fsp3) is 0.118. The number of esters is 1. The number of carbonyl (C=O) groups excluding carboxylic acids is 3. The lowest BCUT2D eigenvalue weighted by Gasteiger charge is -2.08. The number of hydrogen-bond donors (Lipinski definition) is 2. The molecule has 2 N–H and O–H groups in total. The quantitative estimate of drug-likeness (QED) is 0.752. The Hall–Kier alpha value is -3.00. The van der Waals surface area contributed by atoms with Gasteiger partial charge in [-0.3, -0.25) is 14.4 Å². The Morgan fingerprint density at radius 3 is 2.50 bits per heavy atom. The van der Waals surface area contributed by atoms with E-state index in [1.165, 1.54) is 30.3 Å². The van der Waals surface area contributed by atoms with Crippen LogP contribution in [0.5, 0.6) is 0 Å². The van der Waals surface area contributed by atoms with Gasteiger partial charge in [0.05, 0.1) is 11.3 Å². The van der Waals surface area contributed by atoms with Gasteiger partial charge in [0.15, 0.2) is 6.61 Å². The van der Waals surface area contributed by atoms with Crippen LogP contribution in [0.25, 0.3) is 0 Å². The summed E-state index contributed by atoms with van der Waals surface area (Å²) in [6.45, 7) is -1.26. The molecule has 2 aromatic carbocycles. The first kappa shape index (κ1) is 19.3. The van der Waals surface area contributed by atoms with E-state index in [4.69, 9.17) is 11.6 Å². The van der Waals surface area contributed by atoms with Crippen LogP contribution in [0.3, 0.4) is 0 Å². The molecule has 0 radical (unpaired) electrons. The van der Waals surface area contributed by atoms with Crippen LogP contribution in [0, 0.1) is 11.6 Å². The first-order chi connectivity index (χ1) is 12.4. The van der Waals surface area contributed by atoms with Gasteiger partial charge >= 0.3 is 5.97 Å². The number of nitrogens with one attached hydrogen (secondary N) is 2. The Balaban J connectivity index is 1.78. The maximum absolute atomic E-state index is 13.5. The van der Waals surface area contributed by atoms with Crippen molar-refractivity contribution in [2.75, 3.05) is 18.5 Å². The maximum atomic E-state index is 13.5. The van der Waals surface area contributed by atoms with Gasteiger partial charge in [-0.25, -0.2) is 8.78 Å². The summed E-state index contributed by atoms with van der Waals surface area (Å²) in [6.07, 6.45) is 0. The molecule has 9 heteroatoms. The standard InChI is InChI=1S/C17H13ClF2N2O4/c18-10-5-6-13(20)14(7-10)22-15(23)9-26-16(24)8-21-17(25)11-3-1-2-4-12(11)19/h1-7H,8-9H2,(H,21,25)(H,22,23). The smallest absolute Gasteiger partial charge is 0.325 e. The topological polar surface area (TPSA) is 84.5 Å². The van der Waals surface area contributed by atoms with Crippen molar-refractivity contribution in [3.63, 3.8) is 0 Å². The van der Waals surface area contributed by atoms with E-state index in [0.717, 1.165) is 12.1 Å². The Morgan fingerprint density at radius 2 is 1.77 bits per heavy atom. The average Bonchev–Trinajstić information content (AvgIpc) is 2.61. The van der Waals surface area contributed by atoms with Crippen molar-refractivity contribution >= 4 is 35.1 Å². The molecule has 0 unspecified atom stereocenters. The Bertz CT molecular complexity index is 845. The molecule has 0 aliphatic carbocycles. The normalized spacial score (nSPS) is 10.1. The van der Waals surface area contributed by atoms with Gasteiger partial charge in [-0.15, -0.1) is 0 Å². The molecule has 0 spiro atoms. The van der Waals surface area contributed by atoms with Crippen LogP contribution in [0.1, 0.15) is 10.4 Å². The minimum Gasteiger partial charge on any atom is -0.454 e. The number of halogens is 3. The highest BCUT2D eigenvalue weighted by molar-refractivity contribution is 6.30. The molecule has 0 saturated carbocycles. The lowest BCUT2D eigenvalue weighted by atomic mass is 10.2. The van der Waals surface area contributed by atoms with Crippen LogP contribution < -0.4 is 10.6 Å². The van der Waals surface area contributed by atoms with E-state index in [9.17, 15) is 23.2 Å². The van der Waals surface area contributed by atoms with Crippen molar-refractivity contribution in [3.05, 3.63) is 64.7 Å². The Labute approximate surface area is 152 Å². The molecular weight excluding hydrogens is 370 g/mol. The van der Waals surface area contributed by atoms with Crippen LogP contribution in [0.2, 0.25) is 5.02 Å². The van der Waals surface area contributed by atoms with Crippen molar-refractivity contribution in [2.24, 2.45) is 0 Å². The van der Waals surface area contributed by atoms with Crippen molar-refractivity contribution in [1.29, 1.82) is 0 Å². The zero-order chi connectivity index (χ0) is 19.1. The van der Waals surface area contributed by atoms with Gasteiger partial charge in [-0.1, -0.05) is 23.7 Å². The monoisotopic (exact) mass is 382 g/mol. The van der Waals surface area contributed by atoms with Gasteiger partial charge in [-0.2, -0.15) is 0 Å². The number of rotatable bonds is 6. The van der Waals surface area contributed by atoms with Crippen LogP contribution in [-0.4, -0.2) is 30.9 Å². The number of anilines is 1. The van der Waals surface area contributed by atoms with Gasteiger partial charge in [0.2, 0.25) is 0 Å². The fourth-order valence-corrected chi connectivity index (χ4v) is 2.04. The van der Waals surface area contributed by atoms with Crippen molar-refractivity contribution in [3.8, 4) is 0 Å². The third kappa shape index (κ3) is 5.52. The van der Waals surface area contributed by atoms with Gasteiger partial charge in [0.25, 0.3) is 11.8 Å². The van der Waals surface area contributed by atoms with Crippen LogP contribution in [0.15, 0.2) is 42.5 Å². The van der Waals surface area contributed by atoms with Gasteiger partial charge in [0.1, 0.15) is 18.2 Å². The van der Waals surface area contributed by atoms with Crippen molar-refractivity contribution < 1.29 is 27.9 Å². The lowest BCUT2D eigenvalue weighted by Crippen LogP contribution is -2.32. The molecule has 0 bridgehead atoms. The first-order valence-electron chi connectivity index (χ1n) is 7.30.